The molecule has 0 amide bonds. The van der Waals surface area contributed by atoms with Crippen LogP contribution in [0.1, 0.15) is 16.7 Å². The van der Waals surface area contributed by atoms with Gasteiger partial charge in [0.15, 0.2) is 5.11 Å². The molecule has 4 aromatic carbocycles. The van der Waals surface area contributed by atoms with E-state index in [0.717, 1.165) is 30.2 Å². The van der Waals surface area contributed by atoms with Crippen LogP contribution < -0.4 is 5.32 Å². The van der Waals surface area contributed by atoms with E-state index in [-0.39, 0.29) is 0 Å². The quantitative estimate of drug-likeness (QED) is 0.230. The van der Waals surface area contributed by atoms with Crippen LogP contribution in [0.5, 0.6) is 0 Å². The van der Waals surface area contributed by atoms with Gasteiger partial charge in [0.05, 0.1) is 11.4 Å². The Morgan fingerprint density at radius 2 is 1.12 bits per heavy atom. The third kappa shape index (κ3) is 6.82. The van der Waals surface area contributed by atoms with Crippen LogP contribution in [-0.4, -0.2) is 10.0 Å². The summed E-state index contributed by atoms with van der Waals surface area (Å²) in [6.07, 6.45) is 0. The molecule has 0 radical (unpaired) electrons. The summed E-state index contributed by atoms with van der Waals surface area (Å²) in [6, 6.07) is 36.5. The lowest BCUT2D eigenvalue weighted by molar-refractivity contribution is 0.413. The number of hydrogen-bond acceptors (Lipinski definition) is 3. The van der Waals surface area contributed by atoms with E-state index in [9.17, 15) is 0 Å². The van der Waals surface area contributed by atoms with Crippen LogP contribution in [0.4, 0.5) is 17.1 Å². The van der Waals surface area contributed by atoms with Crippen LogP contribution in [0.3, 0.4) is 0 Å². The van der Waals surface area contributed by atoms with Crippen molar-refractivity contribution in [3.8, 4) is 0 Å². The largest absolute Gasteiger partial charge is 0.340 e. The van der Waals surface area contributed by atoms with Crippen molar-refractivity contribution in [3.05, 3.63) is 126 Å². The molecule has 0 atom stereocenters. The third-order valence-electron chi connectivity index (χ3n) is 5.15. The first-order valence-electron chi connectivity index (χ1n) is 10.9. The summed E-state index contributed by atoms with van der Waals surface area (Å²) in [6.45, 7) is 3.51. The molecule has 0 spiro atoms. The molecule has 4 nitrogen and oxygen atoms in total. The molecule has 0 aliphatic heterocycles. The highest BCUT2D eigenvalue weighted by Crippen LogP contribution is 2.21. The van der Waals surface area contributed by atoms with Crippen molar-refractivity contribution < 1.29 is 0 Å². The van der Waals surface area contributed by atoms with Gasteiger partial charge < -0.3 is 10.2 Å². The van der Waals surface area contributed by atoms with Gasteiger partial charge in [0, 0.05) is 18.8 Å². The van der Waals surface area contributed by atoms with Gasteiger partial charge in [-0.15, -0.1) is 0 Å². The van der Waals surface area contributed by atoms with Crippen molar-refractivity contribution in [1.29, 1.82) is 0 Å². The van der Waals surface area contributed by atoms with Crippen molar-refractivity contribution in [2.24, 2.45) is 10.2 Å². The van der Waals surface area contributed by atoms with E-state index in [4.69, 9.17) is 12.2 Å². The Bertz CT molecular complexity index is 1150. The monoisotopic (exact) mass is 450 g/mol. The van der Waals surface area contributed by atoms with E-state index in [2.05, 4.69) is 75.9 Å². The fourth-order valence-corrected chi connectivity index (χ4v) is 3.59. The van der Waals surface area contributed by atoms with Gasteiger partial charge in [0.25, 0.3) is 0 Å². The minimum absolute atomic E-state index is 0.678. The number of azo groups is 1. The summed E-state index contributed by atoms with van der Waals surface area (Å²) >= 11 is 5.79. The van der Waals surface area contributed by atoms with E-state index >= 15 is 0 Å². The second kappa shape index (κ2) is 11.2. The molecule has 33 heavy (non-hydrogen) atoms. The second-order valence-electron chi connectivity index (χ2n) is 7.84. The Kier molecular flexibility index (Phi) is 7.56. The van der Waals surface area contributed by atoms with Gasteiger partial charge in [-0.3, -0.25) is 0 Å². The number of benzene rings is 4. The molecule has 4 aromatic rings. The molecule has 0 heterocycles. The summed E-state index contributed by atoms with van der Waals surface area (Å²) in [7, 11) is 0. The van der Waals surface area contributed by atoms with Crippen LogP contribution in [0.2, 0.25) is 0 Å². The minimum Gasteiger partial charge on any atom is -0.340 e. The molecule has 1 N–H and O–H groups in total. The molecule has 0 aromatic heterocycles. The fourth-order valence-electron chi connectivity index (χ4n) is 3.35. The molecule has 5 heteroatoms. The molecule has 0 saturated heterocycles. The fraction of sp³-hybridized carbons (Fsp3) is 0.107. The van der Waals surface area contributed by atoms with E-state index in [1.807, 2.05) is 60.7 Å². The molecule has 0 aliphatic carbocycles. The highest BCUT2D eigenvalue weighted by atomic mass is 32.1. The molecule has 4 rings (SSSR count). The van der Waals surface area contributed by atoms with Gasteiger partial charge in [0.1, 0.15) is 0 Å². The van der Waals surface area contributed by atoms with Crippen molar-refractivity contribution in [3.63, 3.8) is 0 Å². The standard InChI is InChI=1S/C28H26N4S/c1-22-12-14-26(15-13-22)30-31-27-18-16-25(17-19-27)29-28(33)32(20-23-8-4-2-5-9-23)21-24-10-6-3-7-11-24/h2-19H,20-21H2,1H3,(H,29,33). The highest BCUT2D eigenvalue weighted by Gasteiger charge is 2.12. The number of rotatable bonds is 7. The Morgan fingerprint density at radius 3 is 1.61 bits per heavy atom. The van der Waals surface area contributed by atoms with Gasteiger partial charge in [0.2, 0.25) is 0 Å². The average molecular weight is 451 g/mol. The summed E-state index contributed by atoms with van der Waals surface area (Å²) in [4.78, 5) is 2.17. The zero-order chi connectivity index (χ0) is 22.9. The van der Waals surface area contributed by atoms with E-state index in [0.29, 0.717) is 5.11 Å². The number of nitrogens with zero attached hydrogens (tertiary/aromatic N) is 3. The van der Waals surface area contributed by atoms with Crippen LogP contribution in [0.25, 0.3) is 0 Å². The van der Waals surface area contributed by atoms with Crippen molar-refractivity contribution in [1.82, 2.24) is 4.90 Å². The van der Waals surface area contributed by atoms with E-state index in [1.165, 1.54) is 16.7 Å². The number of thiocarbonyl (C=S) groups is 1. The second-order valence-corrected chi connectivity index (χ2v) is 8.23. The van der Waals surface area contributed by atoms with Crippen molar-refractivity contribution >= 4 is 34.4 Å². The lowest BCUT2D eigenvalue weighted by Crippen LogP contribution is -2.33. The Balaban J connectivity index is 1.43. The van der Waals surface area contributed by atoms with Gasteiger partial charge >= 0.3 is 0 Å². The maximum absolute atomic E-state index is 5.79. The van der Waals surface area contributed by atoms with Crippen molar-refractivity contribution in [2.75, 3.05) is 5.32 Å². The Labute approximate surface area is 200 Å². The molecule has 0 unspecified atom stereocenters. The first-order chi connectivity index (χ1) is 16.2. The SMILES string of the molecule is Cc1ccc(N=Nc2ccc(NC(=S)N(Cc3ccccc3)Cc3ccccc3)cc2)cc1. The summed E-state index contributed by atoms with van der Waals surface area (Å²) in [5.74, 6) is 0. The predicted molar refractivity (Wildman–Crippen MR) is 140 cm³/mol. The lowest BCUT2D eigenvalue weighted by Gasteiger charge is -2.26. The number of aryl methyl sites for hydroxylation is 1. The molecule has 164 valence electrons. The maximum Gasteiger partial charge on any atom is 0.174 e. The maximum atomic E-state index is 5.79. The van der Waals surface area contributed by atoms with Gasteiger partial charge in [-0.2, -0.15) is 10.2 Å². The highest BCUT2D eigenvalue weighted by molar-refractivity contribution is 7.80. The molecular weight excluding hydrogens is 424 g/mol. The average Bonchev–Trinajstić information content (AvgIpc) is 2.85. The third-order valence-corrected chi connectivity index (χ3v) is 5.51. The van der Waals surface area contributed by atoms with Crippen LogP contribution in [0, 0.1) is 6.92 Å². The number of hydrogen-bond donors (Lipinski definition) is 1. The van der Waals surface area contributed by atoms with Crippen molar-refractivity contribution in [2.45, 2.75) is 20.0 Å². The predicted octanol–water partition coefficient (Wildman–Crippen LogP) is 7.81. The molecule has 0 aliphatic rings. The Hall–Kier alpha value is -3.83. The summed E-state index contributed by atoms with van der Waals surface area (Å²) in [5.41, 5.74) is 6.17. The van der Waals surface area contributed by atoms with Gasteiger partial charge in [-0.1, -0.05) is 78.4 Å². The minimum atomic E-state index is 0.678. The molecule has 0 bridgehead atoms. The summed E-state index contributed by atoms with van der Waals surface area (Å²) in [5, 5.41) is 12.7. The first kappa shape index (κ1) is 22.4. The van der Waals surface area contributed by atoms with E-state index < -0.39 is 0 Å². The molecule has 0 saturated carbocycles. The van der Waals surface area contributed by atoms with Crippen LogP contribution >= 0.6 is 12.2 Å². The number of nitrogens with one attached hydrogen (secondary N) is 1. The summed E-state index contributed by atoms with van der Waals surface area (Å²) < 4.78 is 0. The van der Waals surface area contributed by atoms with E-state index in [1.54, 1.807) is 0 Å². The normalized spacial score (nSPS) is 10.8. The Morgan fingerprint density at radius 1 is 0.667 bits per heavy atom. The van der Waals surface area contributed by atoms with Crippen LogP contribution in [-0.2, 0) is 13.1 Å². The smallest absolute Gasteiger partial charge is 0.174 e. The van der Waals surface area contributed by atoms with Gasteiger partial charge in [-0.05, 0) is 66.7 Å². The lowest BCUT2D eigenvalue weighted by atomic mass is 10.2. The topological polar surface area (TPSA) is 40.0 Å². The number of anilines is 1. The zero-order valence-corrected chi connectivity index (χ0v) is 19.4. The molecule has 0 fully saturated rings. The van der Waals surface area contributed by atoms with Crippen LogP contribution in [0.15, 0.2) is 119 Å². The zero-order valence-electron chi connectivity index (χ0n) is 18.6. The molecular formula is C28H26N4S. The first-order valence-corrected chi connectivity index (χ1v) is 11.3. The van der Waals surface area contributed by atoms with Gasteiger partial charge in [-0.25, -0.2) is 0 Å².